The summed E-state index contributed by atoms with van der Waals surface area (Å²) < 4.78 is 111. The van der Waals surface area contributed by atoms with Gasteiger partial charge in [0.25, 0.3) is 0 Å². The van der Waals surface area contributed by atoms with Crippen LogP contribution in [0.15, 0.2) is 121 Å². The fourth-order valence-corrected chi connectivity index (χ4v) is 15.4. The molecule has 10 rings (SSSR count). The first-order valence-electron chi connectivity index (χ1n) is 36.8. The van der Waals surface area contributed by atoms with Crippen LogP contribution in [0.3, 0.4) is 0 Å². The molecule has 544 valence electrons. The van der Waals surface area contributed by atoms with Gasteiger partial charge in [-0.3, -0.25) is 4.79 Å². The van der Waals surface area contributed by atoms with Gasteiger partial charge in [0.15, 0.2) is 43.8 Å². The number of esters is 1. The van der Waals surface area contributed by atoms with E-state index in [1.165, 1.54) is 6.92 Å². The van der Waals surface area contributed by atoms with Crippen LogP contribution < -0.4 is 0 Å². The number of benzene rings is 4. The summed E-state index contributed by atoms with van der Waals surface area (Å²) in [5.41, 5.74) is 4.02. The summed E-state index contributed by atoms with van der Waals surface area (Å²) in [5, 5.41) is 13.3. The predicted octanol–water partition coefficient (Wildman–Crippen LogP) is 13.6. The molecule has 0 spiro atoms. The maximum atomic E-state index is 13.3. The Morgan fingerprint density at radius 3 is 1.22 bits per heavy atom. The Morgan fingerprint density at radius 1 is 0.327 bits per heavy atom. The van der Waals surface area contributed by atoms with Gasteiger partial charge in [0, 0.05) is 30.6 Å². The lowest BCUT2D eigenvalue weighted by atomic mass is 9.78. The normalized spacial score (nSPS) is 40.0. The van der Waals surface area contributed by atoms with E-state index in [1.807, 2.05) is 121 Å². The van der Waals surface area contributed by atoms with Crippen molar-refractivity contribution in [2.75, 3.05) is 19.8 Å². The molecule has 4 aromatic rings. The predicted molar refractivity (Wildman–Crippen MR) is 369 cm³/mol. The lowest BCUT2D eigenvalue weighted by molar-refractivity contribution is -0.392. The lowest BCUT2D eigenvalue weighted by Crippen LogP contribution is -2.65. The van der Waals surface area contributed by atoms with Crippen LogP contribution in [0.1, 0.15) is 145 Å². The zero-order chi connectivity index (χ0) is 69.7. The molecule has 12 unspecified atom stereocenters. The largest absolute Gasteiger partial charge is 0.457 e. The maximum Gasteiger partial charge on any atom is 0.303 e. The van der Waals surface area contributed by atoms with E-state index in [0.717, 1.165) is 28.7 Å². The molecule has 0 radical (unpaired) electrons. The molecule has 18 heteroatoms. The van der Waals surface area contributed by atoms with Gasteiger partial charge in [-0.2, -0.15) is 0 Å². The molecule has 18 nitrogen and oxygen atoms in total. The van der Waals surface area contributed by atoms with Gasteiger partial charge in [-0.25, -0.2) is 0 Å². The maximum absolute atomic E-state index is 13.3. The minimum Gasteiger partial charge on any atom is -0.457 e. The van der Waals surface area contributed by atoms with Gasteiger partial charge in [-0.05, 0) is 82.9 Å². The van der Waals surface area contributed by atoms with Crippen molar-refractivity contribution in [3.63, 3.8) is 0 Å². The minimum absolute atomic E-state index is 0.00795. The number of carbonyl (C=O) groups excluding carboxylic acids is 1. The van der Waals surface area contributed by atoms with E-state index in [-0.39, 0.29) is 91.4 Å². The van der Waals surface area contributed by atoms with Crippen molar-refractivity contribution in [3.05, 3.63) is 144 Å². The van der Waals surface area contributed by atoms with Crippen molar-refractivity contribution in [1.82, 2.24) is 0 Å². The third kappa shape index (κ3) is 18.7. The first-order valence-corrected chi connectivity index (χ1v) is 36.8. The Kier molecular flexibility index (Phi) is 28.2. The number of hydrogen-bond acceptors (Lipinski definition) is 18. The molecular weight excluding hydrogens is 1250 g/mol. The zero-order valence-electron chi connectivity index (χ0n) is 60.8. The molecule has 0 amide bonds. The number of rotatable bonds is 29. The van der Waals surface area contributed by atoms with Gasteiger partial charge in [0.2, 0.25) is 0 Å². The van der Waals surface area contributed by atoms with E-state index in [9.17, 15) is 9.90 Å². The van der Waals surface area contributed by atoms with Crippen molar-refractivity contribution < 1.29 is 85.7 Å². The average molecular weight is 1370 g/mol. The Labute approximate surface area is 584 Å². The molecule has 6 aliphatic rings. The number of hydrogen-bond donors (Lipinski definition) is 1. The van der Waals surface area contributed by atoms with Crippen molar-refractivity contribution in [2.45, 2.75) is 267 Å². The van der Waals surface area contributed by atoms with Gasteiger partial charge in [0.1, 0.15) is 36.6 Å². The van der Waals surface area contributed by atoms with Crippen LogP contribution >= 0.6 is 0 Å². The molecule has 0 bridgehead atoms. The summed E-state index contributed by atoms with van der Waals surface area (Å²) in [6, 6.07) is 40.1. The molecule has 1 N–H and O–H groups in total. The molecular formula is C80H116O18. The van der Waals surface area contributed by atoms with E-state index in [1.54, 1.807) is 0 Å². The average Bonchev–Trinajstić information content (AvgIpc) is 0.787. The van der Waals surface area contributed by atoms with Crippen molar-refractivity contribution in [1.29, 1.82) is 0 Å². The molecule has 98 heavy (non-hydrogen) atoms. The summed E-state index contributed by atoms with van der Waals surface area (Å²) in [6.45, 7) is 33.3. The minimum atomic E-state index is -1.35. The Balaban J connectivity index is 0.950. The van der Waals surface area contributed by atoms with E-state index in [4.69, 9.17) is 75.8 Å². The van der Waals surface area contributed by atoms with Crippen LogP contribution in [0, 0.1) is 65.1 Å². The van der Waals surface area contributed by atoms with Gasteiger partial charge in [0.05, 0.1) is 82.9 Å². The zero-order valence-corrected chi connectivity index (χ0v) is 60.8. The first-order chi connectivity index (χ1) is 47.3. The summed E-state index contributed by atoms with van der Waals surface area (Å²) in [6.07, 6.45) is -11.6. The highest BCUT2D eigenvalue weighted by Crippen LogP contribution is 2.45. The topological polar surface area (TPSA) is 185 Å². The Bertz CT molecular complexity index is 2950. The molecule has 6 heterocycles. The van der Waals surface area contributed by atoms with Crippen molar-refractivity contribution in [3.8, 4) is 0 Å². The molecule has 0 aliphatic carbocycles. The van der Waals surface area contributed by atoms with Crippen molar-refractivity contribution >= 4 is 5.97 Å². The molecule has 4 aromatic carbocycles. The lowest BCUT2D eigenvalue weighted by Gasteiger charge is -2.52. The summed E-state index contributed by atoms with van der Waals surface area (Å²) in [7, 11) is 0. The second kappa shape index (κ2) is 36.2. The first kappa shape index (κ1) is 76.4. The molecule has 30 atom stereocenters. The van der Waals surface area contributed by atoms with Crippen molar-refractivity contribution in [2.24, 2.45) is 65.1 Å². The third-order valence-corrected chi connectivity index (χ3v) is 23.0. The monoisotopic (exact) mass is 1360 g/mol. The highest BCUT2D eigenvalue weighted by atomic mass is 16.8. The van der Waals surface area contributed by atoms with E-state index in [0.29, 0.717) is 51.1 Å². The van der Waals surface area contributed by atoms with E-state index < -0.39 is 105 Å². The smallest absolute Gasteiger partial charge is 0.303 e. The summed E-state index contributed by atoms with van der Waals surface area (Å²) >= 11 is 0. The molecule has 6 aliphatic heterocycles. The Morgan fingerprint density at radius 2 is 0.684 bits per heavy atom. The number of ether oxygens (including phenoxy) is 16. The standard InChI is InChI=1S/C80H116O18/c1-16-62-47(5)46(4)54(12)75(89-62)87-45-66-68(82)73(74(85-41-60-35-27-21-28-36-60)80(93-66)96-70-52(10)55(13)76(86-42-61-37-29-22-30-38-61)94-67(70)44-84-40-59-33-25-20-26-34-59)98-79-72(50(8)48(6)63(17-2)90-79)97-77-56(14)53(11)69(64(18-3)91-77)95-78-71(88-57(15)81)51(9)49(7)65(92-78)43-83-39-58-31-23-19-24-32-58/h19-38,46-56,62-80,82H,16-18,39-45H2,1-15H3/t46?,47-,48+,49+,50+,51-,52+,53+,54+,55?,56-,62?,63?,64?,65?,66?,67?,68+,69-,70-,71-,72?,73-,74?,75-,76+,77?,78?,79-,80-/m0/s1. The van der Waals surface area contributed by atoms with Crippen LogP contribution in [-0.4, -0.2) is 148 Å². The fraction of sp³-hybridized carbons (Fsp3) is 0.688. The third-order valence-electron chi connectivity index (χ3n) is 23.0. The highest BCUT2D eigenvalue weighted by molar-refractivity contribution is 5.66. The van der Waals surface area contributed by atoms with Gasteiger partial charge >= 0.3 is 5.97 Å². The Hall–Kier alpha value is -4.29. The summed E-state index contributed by atoms with van der Waals surface area (Å²) in [5.74, 6) is -0.667. The molecule has 6 fully saturated rings. The van der Waals surface area contributed by atoms with Crippen LogP contribution in [-0.2, 0) is 107 Å². The van der Waals surface area contributed by atoms with Crippen LogP contribution in [0.25, 0.3) is 0 Å². The fourth-order valence-electron chi connectivity index (χ4n) is 15.4. The number of aliphatic hydroxyl groups is 1. The second-order valence-corrected chi connectivity index (χ2v) is 29.3. The van der Waals surface area contributed by atoms with E-state index in [2.05, 4.69) is 96.9 Å². The summed E-state index contributed by atoms with van der Waals surface area (Å²) in [4.78, 5) is 12.8. The SMILES string of the molecule is CCC1O[C@H](OCC2O[C@@H](O[C@@H]3C(COCc4ccccc4)O[C@@H](OCc4ccccc4)C(C)[C@H]3C)C(OCc3ccccc3)[C@@H](O[C@@H]3OC(CC)[C@H](C)[C@@H](C)C3OC3OC(CC)[C@@H](OC4OC(COCc5ccccc5)[C@H](C)[C@H](C)[C@@H]4OC(C)=O)[C@H](C)[C@@H]3C)[C@@H]2O)[C@H](C)C(C)[C@@H]1C. The quantitative estimate of drug-likeness (QED) is 0.0506. The van der Waals surface area contributed by atoms with Gasteiger partial charge in [-0.1, -0.05) is 218 Å². The molecule has 0 aromatic heterocycles. The molecule has 6 saturated heterocycles. The van der Waals surface area contributed by atoms with Gasteiger partial charge < -0.3 is 80.9 Å². The number of aliphatic hydroxyl groups excluding tert-OH is 1. The van der Waals surface area contributed by atoms with Crippen LogP contribution in [0.2, 0.25) is 0 Å². The number of carbonyl (C=O) groups is 1. The second-order valence-electron chi connectivity index (χ2n) is 29.3. The van der Waals surface area contributed by atoms with Crippen LogP contribution in [0.5, 0.6) is 0 Å². The molecule has 0 saturated carbocycles. The van der Waals surface area contributed by atoms with Crippen LogP contribution in [0.4, 0.5) is 0 Å². The van der Waals surface area contributed by atoms with Gasteiger partial charge in [-0.15, -0.1) is 0 Å². The van der Waals surface area contributed by atoms with E-state index >= 15 is 0 Å². The highest BCUT2D eigenvalue weighted by Gasteiger charge is 2.56.